The summed E-state index contributed by atoms with van der Waals surface area (Å²) in [4.78, 5) is 12.7. The number of H-pyrrole nitrogens is 1. The second kappa shape index (κ2) is 5.80. The monoisotopic (exact) mass is 332 g/mol. The average molecular weight is 333 g/mol. The third-order valence-electron chi connectivity index (χ3n) is 5.57. The molecule has 0 saturated heterocycles. The number of hydrogen-bond acceptors (Lipinski definition) is 3. The minimum atomic E-state index is 0.0380. The Morgan fingerprint density at radius 1 is 1.30 bits per heavy atom. The Morgan fingerprint density at radius 3 is 2.78 bits per heavy atom. The molecule has 0 aliphatic heterocycles. The van der Waals surface area contributed by atoms with Crippen LogP contribution in [0.3, 0.4) is 0 Å². The van der Waals surface area contributed by atoms with Crippen molar-refractivity contribution in [1.29, 1.82) is 0 Å². The second-order valence-corrected chi connectivity index (χ2v) is 7.33. The number of carbonyl (C=O) groups excluding carboxylic acids is 1. The molecule has 2 unspecified atom stereocenters. The van der Waals surface area contributed by atoms with Gasteiger partial charge in [-0.05, 0) is 49.7 Å². The molecule has 1 amide bonds. The molecule has 5 nitrogen and oxygen atoms in total. The van der Waals surface area contributed by atoms with Crippen LogP contribution in [0.5, 0.6) is 0 Å². The minimum absolute atomic E-state index is 0.0380. The Balaban J connectivity index is 1.52. The third kappa shape index (κ3) is 2.62. The van der Waals surface area contributed by atoms with E-state index in [0.29, 0.717) is 22.7 Å². The molecule has 0 spiro atoms. The maximum Gasteiger partial charge on any atom is 0.228 e. The number of para-hydroxylation sites is 1. The molecule has 6 heteroatoms. The Morgan fingerprint density at radius 2 is 2.04 bits per heavy atom. The van der Waals surface area contributed by atoms with E-state index in [1.807, 2.05) is 12.1 Å². The molecule has 2 fully saturated rings. The molecule has 1 aromatic heterocycles. The molecular weight excluding hydrogens is 312 g/mol. The fourth-order valence-corrected chi connectivity index (χ4v) is 4.54. The molecule has 1 heterocycles. The number of aromatic amines is 1. The molecule has 2 aliphatic rings. The van der Waals surface area contributed by atoms with Crippen LogP contribution in [-0.4, -0.2) is 22.1 Å². The summed E-state index contributed by atoms with van der Waals surface area (Å²) in [5.74, 6) is 1.64. The zero-order chi connectivity index (χ0) is 16.0. The molecule has 0 radical (unpaired) electrons. The van der Waals surface area contributed by atoms with Gasteiger partial charge in [0.1, 0.15) is 0 Å². The van der Waals surface area contributed by atoms with Crippen LogP contribution in [0, 0.1) is 17.8 Å². The lowest BCUT2D eigenvalue weighted by atomic mass is 9.65. The average Bonchev–Trinajstić information content (AvgIpc) is 2.91. The number of nitrogens with zero attached hydrogens (tertiary/aromatic N) is 1. The van der Waals surface area contributed by atoms with Crippen LogP contribution in [0.1, 0.15) is 32.1 Å². The largest absolute Gasteiger partial charge is 0.327 e. The van der Waals surface area contributed by atoms with Crippen LogP contribution >= 0.6 is 11.6 Å². The van der Waals surface area contributed by atoms with E-state index < -0.39 is 0 Å². The van der Waals surface area contributed by atoms with Crippen molar-refractivity contribution in [1.82, 2.24) is 10.2 Å². The highest BCUT2D eigenvalue weighted by atomic mass is 35.5. The van der Waals surface area contributed by atoms with E-state index in [9.17, 15) is 4.79 Å². The summed E-state index contributed by atoms with van der Waals surface area (Å²) in [7, 11) is 0. The summed E-state index contributed by atoms with van der Waals surface area (Å²) in [6, 6.07) is 5.85. The lowest BCUT2D eigenvalue weighted by Gasteiger charge is -2.43. The van der Waals surface area contributed by atoms with Crippen LogP contribution in [-0.2, 0) is 4.79 Å². The van der Waals surface area contributed by atoms with Gasteiger partial charge in [-0.15, -0.1) is 0 Å². The Labute approximate surface area is 140 Å². The van der Waals surface area contributed by atoms with Gasteiger partial charge in [0.05, 0.1) is 10.5 Å². The van der Waals surface area contributed by atoms with E-state index in [1.165, 1.54) is 6.42 Å². The van der Waals surface area contributed by atoms with Crippen molar-refractivity contribution in [3.8, 4) is 0 Å². The highest BCUT2D eigenvalue weighted by Gasteiger charge is 2.40. The highest BCUT2D eigenvalue weighted by Crippen LogP contribution is 2.42. The Kier molecular flexibility index (Phi) is 3.77. The van der Waals surface area contributed by atoms with E-state index in [2.05, 4.69) is 15.5 Å². The number of benzene rings is 1. The lowest BCUT2D eigenvalue weighted by molar-refractivity contribution is -0.122. The van der Waals surface area contributed by atoms with Gasteiger partial charge in [-0.3, -0.25) is 9.89 Å². The molecular formula is C17H21ClN4O. The predicted octanol–water partition coefficient (Wildman–Crippen LogP) is 3.31. The van der Waals surface area contributed by atoms with Gasteiger partial charge in [-0.2, -0.15) is 5.10 Å². The van der Waals surface area contributed by atoms with E-state index in [-0.39, 0.29) is 17.9 Å². The molecule has 2 atom stereocenters. The molecule has 4 N–H and O–H groups in total. The van der Waals surface area contributed by atoms with Crippen LogP contribution in [0.4, 0.5) is 5.82 Å². The molecule has 4 rings (SSSR count). The van der Waals surface area contributed by atoms with Gasteiger partial charge in [0.25, 0.3) is 0 Å². The second-order valence-electron chi connectivity index (χ2n) is 6.92. The zero-order valence-electron chi connectivity index (χ0n) is 12.9. The lowest BCUT2D eigenvalue weighted by Crippen LogP contribution is -2.48. The number of fused-ring (bicyclic) bond motifs is 3. The number of carbonyl (C=O) groups is 1. The first-order valence-electron chi connectivity index (χ1n) is 8.32. The van der Waals surface area contributed by atoms with Gasteiger partial charge < -0.3 is 11.1 Å². The van der Waals surface area contributed by atoms with E-state index in [1.54, 1.807) is 6.07 Å². The maximum atomic E-state index is 12.7. The summed E-state index contributed by atoms with van der Waals surface area (Å²) >= 11 is 6.14. The SMILES string of the molecule is NC1C2CCCC1CC(C(=O)Nc1n[nH]c3c(Cl)cccc13)C2. The minimum Gasteiger partial charge on any atom is -0.327 e. The number of rotatable bonds is 2. The van der Waals surface area contributed by atoms with Crippen LogP contribution in [0.25, 0.3) is 10.9 Å². The first-order valence-corrected chi connectivity index (χ1v) is 8.70. The van der Waals surface area contributed by atoms with Crippen LogP contribution in [0.2, 0.25) is 5.02 Å². The Hall–Kier alpha value is -1.59. The summed E-state index contributed by atoms with van der Waals surface area (Å²) in [5.41, 5.74) is 7.07. The van der Waals surface area contributed by atoms with Crippen LogP contribution < -0.4 is 11.1 Å². The molecule has 1 aromatic carbocycles. The van der Waals surface area contributed by atoms with Crippen molar-refractivity contribution in [2.75, 3.05) is 5.32 Å². The first kappa shape index (κ1) is 15.0. The quantitative estimate of drug-likeness (QED) is 0.788. The predicted molar refractivity (Wildman–Crippen MR) is 91.3 cm³/mol. The van der Waals surface area contributed by atoms with Crippen LogP contribution in [0.15, 0.2) is 18.2 Å². The van der Waals surface area contributed by atoms with Crippen molar-refractivity contribution < 1.29 is 4.79 Å². The standard InChI is InChI=1S/C17H21ClN4O/c18-13-6-2-5-12-15(13)21-22-16(12)20-17(23)11-7-9-3-1-4-10(8-11)14(9)19/h2,5-6,9-11,14H,1,3-4,7-8,19H2,(H2,20,21,22,23). The number of nitrogens with two attached hydrogens (primary N) is 1. The number of hydrogen-bond donors (Lipinski definition) is 3. The number of aromatic nitrogens is 2. The summed E-state index contributed by atoms with van der Waals surface area (Å²) < 4.78 is 0. The van der Waals surface area contributed by atoms with Crippen molar-refractivity contribution in [3.63, 3.8) is 0 Å². The summed E-state index contributed by atoms with van der Waals surface area (Å²) in [5, 5.41) is 11.5. The fraction of sp³-hybridized carbons (Fsp3) is 0.529. The van der Waals surface area contributed by atoms with Gasteiger partial charge >= 0.3 is 0 Å². The fourth-order valence-electron chi connectivity index (χ4n) is 4.32. The Bertz CT molecular complexity index is 729. The van der Waals surface area contributed by atoms with Crippen molar-refractivity contribution in [3.05, 3.63) is 23.2 Å². The zero-order valence-corrected chi connectivity index (χ0v) is 13.6. The molecule has 23 heavy (non-hydrogen) atoms. The normalized spacial score (nSPS) is 30.3. The van der Waals surface area contributed by atoms with Crippen molar-refractivity contribution in [2.24, 2.45) is 23.5 Å². The van der Waals surface area contributed by atoms with Crippen molar-refractivity contribution in [2.45, 2.75) is 38.1 Å². The van der Waals surface area contributed by atoms with Gasteiger partial charge in [-0.1, -0.05) is 24.1 Å². The van der Waals surface area contributed by atoms with Gasteiger partial charge in [0, 0.05) is 17.3 Å². The number of anilines is 1. The maximum absolute atomic E-state index is 12.7. The smallest absolute Gasteiger partial charge is 0.228 e. The molecule has 2 saturated carbocycles. The molecule has 2 aromatic rings. The van der Waals surface area contributed by atoms with Crippen molar-refractivity contribution >= 4 is 34.2 Å². The number of halogens is 1. The van der Waals surface area contributed by atoms with E-state index >= 15 is 0 Å². The summed E-state index contributed by atoms with van der Waals surface area (Å²) in [6.45, 7) is 0. The molecule has 2 bridgehead atoms. The third-order valence-corrected chi connectivity index (χ3v) is 5.89. The molecule has 2 aliphatic carbocycles. The number of nitrogens with one attached hydrogen (secondary N) is 2. The van der Waals surface area contributed by atoms with Gasteiger partial charge in [-0.25, -0.2) is 0 Å². The van der Waals surface area contributed by atoms with E-state index in [4.69, 9.17) is 17.3 Å². The van der Waals surface area contributed by atoms with Gasteiger partial charge in [0.15, 0.2) is 5.82 Å². The summed E-state index contributed by atoms with van der Waals surface area (Å²) in [6.07, 6.45) is 5.35. The molecule has 122 valence electrons. The first-order chi connectivity index (χ1) is 11.1. The van der Waals surface area contributed by atoms with Gasteiger partial charge in [0.2, 0.25) is 5.91 Å². The topological polar surface area (TPSA) is 83.8 Å². The van der Waals surface area contributed by atoms with E-state index in [0.717, 1.165) is 36.6 Å². The number of amides is 1. The highest BCUT2D eigenvalue weighted by molar-refractivity contribution is 6.35.